The van der Waals surface area contributed by atoms with E-state index < -0.39 is 0 Å². The van der Waals surface area contributed by atoms with Crippen molar-refractivity contribution in [3.63, 3.8) is 0 Å². The van der Waals surface area contributed by atoms with E-state index >= 15 is 0 Å². The van der Waals surface area contributed by atoms with Crippen molar-refractivity contribution in [1.29, 1.82) is 0 Å². The van der Waals surface area contributed by atoms with Crippen molar-refractivity contribution in [1.82, 2.24) is 10.2 Å². The Hall–Kier alpha value is -1.40. The molecule has 0 aromatic heterocycles. The number of rotatable bonds is 4. The van der Waals surface area contributed by atoms with Gasteiger partial charge in [0.05, 0.1) is 15.7 Å². The molecule has 0 unspecified atom stereocenters. The van der Waals surface area contributed by atoms with Crippen LogP contribution in [0.3, 0.4) is 0 Å². The summed E-state index contributed by atoms with van der Waals surface area (Å²) in [6, 6.07) is 12.2. The zero-order valence-electron chi connectivity index (χ0n) is 17.7. The minimum Gasteiger partial charge on any atom is -0.342 e. The third-order valence-electron chi connectivity index (χ3n) is 5.33. The van der Waals surface area contributed by atoms with Gasteiger partial charge in [-0.25, -0.2) is 4.39 Å². The molecule has 0 atom stereocenters. The highest BCUT2D eigenvalue weighted by atomic mass is 35.5. The molecule has 0 aliphatic carbocycles. The van der Waals surface area contributed by atoms with Crippen molar-refractivity contribution in [2.75, 3.05) is 5.32 Å². The van der Waals surface area contributed by atoms with E-state index in [2.05, 4.69) is 43.2 Å². The molecule has 1 aliphatic rings. The van der Waals surface area contributed by atoms with Crippen LogP contribution in [0.4, 0.5) is 10.1 Å². The van der Waals surface area contributed by atoms with Gasteiger partial charge >= 0.3 is 0 Å². The lowest BCUT2D eigenvalue weighted by Crippen LogP contribution is -2.63. The number of hydrogen-bond donors (Lipinski definition) is 2. The smallest absolute Gasteiger partial charge is 0.174 e. The summed E-state index contributed by atoms with van der Waals surface area (Å²) >= 11 is 18.4. The number of nitrogens with one attached hydrogen (secondary N) is 2. The monoisotopic (exact) mass is 467 g/mol. The molecule has 0 amide bonds. The van der Waals surface area contributed by atoms with Gasteiger partial charge in [-0.1, -0.05) is 41.4 Å². The van der Waals surface area contributed by atoms with Crippen molar-refractivity contribution >= 4 is 46.2 Å². The highest BCUT2D eigenvalue weighted by molar-refractivity contribution is 7.80. The molecule has 1 heterocycles. The second-order valence-electron chi connectivity index (χ2n) is 9.24. The maximum Gasteiger partial charge on any atom is 0.174 e. The van der Waals surface area contributed by atoms with E-state index in [0.717, 1.165) is 18.4 Å². The van der Waals surface area contributed by atoms with Gasteiger partial charge in [-0.3, -0.25) is 0 Å². The van der Waals surface area contributed by atoms with Crippen molar-refractivity contribution < 1.29 is 4.39 Å². The number of nitrogens with zero attached hydrogens (tertiary/aromatic N) is 1. The van der Waals surface area contributed by atoms with Gasteiger partial charge in [-0.05, 0) is 82.6 Å². The molecule has 0 spiro atoms. The maximum absolute atomic E-state index is 13.4. The van der Waals surface area contributed by atoms with Gasteiger partial charge in [0.2, 0.25) is 0 Å². The number of benzene rings is 2. The average Bonchev–Trinajstić information content (AvgIpc) is 2.62. The molecular weight excluding hydrogens is 440 g/mol. The Balaban J connectivity index is 1.91. The zero-order chi connectivity index (χ0) is 22.1. The van der Waals surface area contributed by atoms with Crippen LogP contribution < -0.4 is 10.6 Å². The van der Waals surface area contributed by atoms with Crippen LogP contribution in [0.15, 0.2) is 42.5 Å². The molecular formula is C23H28Cl2FN3S. The van der Waals surface area contributed by atoms with Crippen LogP contribution in [0.5, 0.6) is 0 Å². The molecule has 3 rings (SSSR count). The molecule has 2 N–H and O–H groups in total. The average molecular weight is 468 g/mol. The molecule has 162 valence electrons. The summed E-state index contributed by atoms with van der Waals surface area (Å²) in [6.45, 7) is 9.41. The van der Waals surface area contributed by atoms with E-state index in [1.807, 2.05) is 12.1 Å². The van der Waals surface area contributed by atoms with Crippen LogP contribution in [0.25, 0.3) is 0 Å². The van der Waals surface area contributed by atoms with Crippen LogP contribution in [0.1, 0.15) is 46.1 Å². The van der Waals surface area contributed by atoms with Crippen molar-refractivity contribution in [2.45, 2.75) is 64.2 Å². The summed E-state index contributed by atoms with van der Waals surface area (Å²) in [4.78, 5) is 2.18. The summed E-state index contributed by atoms with van der Waals surface area (Å²) in [5.41, 5.74) is 1.57. The Labute approximate surface area is 193 Å². The summed E-state index contributed by atoms with van der Waals surface area (Å²) in [7, 11) is 0. The normalized spacial score (nSPS) is 18.1. The Morgan fingerprint density at radius 2 is 1.70 bits per heavy atom. The SMILES string of the molecule is CC1(C)CC(N(Cc2ccc(F)cc2)C(=S)Nc2cccc(Cl)c2Cl)CC(C)(C)N1. The second-order valence-corrected chi connectivity index (χ2v) is 10.4. The highest BCUT2D eigenvalue weighted by Gasteiger charge is 2.40. The molecule has 2 aromatic carbocycles. The quantitative estimate of drug-likeness (QED) is 0.492. The lowest BCUT2D eigenvalue weighted by molar-refractivity contribution is 0.101. The van der Waals surface area contributed by atoms with Gasteiger partial charge in [0.15, 0.2) is 5.11 Å². The second kappa shape index (κ2) is 8.99. The number of piperidine rings is 1. The van der Waals surface area contributed by atoms with Crippen LogP contribution in [-0.2, 0) is 6.54 Å². The largest absolute Gasteiger partial charge is 0.342 e. The number of anilines is 1. The minimum atomic E-state index is -0.249. The standard InChI is InChI=1S/C23H28Cl2FN3S/c1-22(2)12-17(13-23(3,4)28-22)29(14-15-8-10-16(26)11-9-15)21(30)27-19-7-5-6-18(24)20(19)25/h5-11,17,28H,12-14H2,1-4H3,(H,27,30). The lowest BCUT2D eigenvalue weighted by atomic mass is 9.79. The van der Waals surface area contributed by atoms with Crippen LogP contribution in [0.2, 0.25) is 10.0 Å². The number of hydrogen-bond acceptors (Lipinski definition) is 2. The van der Waals surface area contributed by atoms with Crippen LogP contribution in [0, 0.1) is 5.82 Å². The summed E-state index contributed by atoms with van der Waals surface area (Å²) < 4.78 is 13.4. The molecule has 0 saturated carbocycles. The van der Waals surface area contributed by atoms with Crippen molar-refractivity contribution in [2.24, 2.45) is 0 Å². The molecule has 3 nitrogen and oxygen atoms in total. The molecule has 1 fully saturated rings. The zero-order valence-corrected chi connectivity index (χ0v) is 20.1. The molecule has 30 heavy (non-hydrogen) atoms. The van der Waals surface area contributed by atoms with Crippen molar-refractivity contribution in [3.8, 4) is 0 Å². The maximum atomic E-state index is 13.4. The van der Waals surface area contributed by atoms with E-state index in [9.17, 15) is 4.39 Å². The first-order chi connectivity index (χ1) is 14.0. The first kappa shape index (κ1) is 23.3. The predicted octanol–water partition coefficient (Wildman–Crippen LogP) is 6.64. The molecule has 1 aliphatic heterocycles. The first-order valence-electron chi connectivity index (χ1n) is 10.0. The van der Waals surface area contributed by atoms with E-state index in [4.69, 9.17) is 35.4 Å². The van der Waals surface area contributed by atoms with E-state index in [1.165, 1.54) is 12.1 Å². The van der Waals surface area contributed by atoms with Gasteiger partial charge in [-0.2, -0.15) is 0 Å². The molecule has 1 saturated heterocycles. The predicted molar refractivity (Wildman–Crippen MR) is 129 cm³/mol. The third-order valence-corrected chi connectivity index (χ3v) is 6.49. The van der Waals surface area contributed by atoms with Gasteiger partial charge in [0, 0.05) is 23.7 Å². The Kier molecular flexibility index (Phi) is 6.97. The molecule has 2 aromatic rings. The Morgan fingerprint density at radius 3 is 2.30 bits per heavy atom. The summed E-state index contributed by atoms with van der Waals surface area (Å²) in [5, 5.41) is 8.48. The first-order valence-corrected chi connectivity index (χ1v) is 11.2. The van der Waals surface area contributed by atoms with E-state index in [-0.39, 0.29) is 22.9 Å². The Morgan fingerprint density at radius 1 is 1.10 bits per heavy atom. The van der Waals surface area contributed by atoms with Gasteiger partial charge in [0.25, 0.3) is 0 Å². The van der Waals surface area contributed by atoms with E-state index in [1.54, 1.807) is 18.2 Å². The highest BCUT2D eigenvalue weighted by Crippen LogP contribution is 2.34. The summed E-state index contributed by atoms with van der Waals surface area (Å²) in [5.74, 6) is -0.249. The number of thiocarbonyl (C=S) groups is 1. The van der Waals surface area contributed by atoms with Crippen molar-refractivity contribution in [3.05, 3.63) is 63.9 Å². The van der Waals surface area contributed by atoms with Crippen LogP contribution >= 0.6 is 35.4 Å². The van der Waals surface area contributed by atoms with Gasteiger partial charge < -0.3 is 15.5 Å². The van der Waals surface area contributed by atoms with Crippen LogP contribution in [-0.4, -0.2) is 27.1 Å². The molecule has 7 heteroatoms. The topological polar surface area (TPSA) is 27.3 Å². The fraction of sp³-hybridized carbons (Fsp3) is 0.435. The molecule has 0 radical (unpaired) electrons. The fourth-order valence-corrected chi connectivity index (χ4v) is 5.10. The molecule has 0 bridgehead atoms. The fourth-order valence-electron chi connectivity index (χ4n) is 4.43. The van der Waals surface area contributed by atoms with Gasteiger partial charge in [-0.15, -0.1) is 0 Å². The Bertz CT molecular complexity index is 899. The van der Waals surface area contributed by atoms with Gasteiger partial charge in [0.1, 0.15) is 5.82 Å². The van der Waals surface area contributed by atoms with E-state index in [0.29, 0.717) is 27.4 Å². The number of halogens is 3. The minimum absolute atomic E-state index is 0.0449. The lowest BCUT2D eigenvalue weighted by Gasteiger charge is -2.50. The third kappa shape index (κ3) is 5.85. The summed E-state index contributed by atoms with van der Waals surface area (Å²) in [6.07, 6.45) is 1.84.